The minimum absolute atomic E-state index is 0.0868. The first-order valence-corrected chi connectivity index (χ1v) is 9.92. The topological polar surface area (TPSA) is 106 Å². The summed E-state index contributed by atoms with van der Waals surface area (Å²) in [6.07, 6.45) is 1.92. The lowest BCUT2D eigenvalue weighted by molar-refractivity contribution is -0.236. The van der Waals surface area contributed by atoms with Gasteiger partial charge in [-0.25, -0.2) is 14.8 Å². The number of halogens is 3. The molecule has 3 heterocycles. The molecule has 0 amide bonds. The molecule has 3 aromatic rings. The van der Waals surface area contributed by atoms with Crippen LogP contribution < -0.4 is 5.32 Å². The third-order valence-corrected chi connectivity index (χ3v) is 4.83. The van der Waals surface area contributed by atoms with Crippen LogP contribution >= 0.6 is 0 Å². The summed E-state index contributed by atoms with van der Waals surface area (Å²) in [6.45, 7) is 0.432. The highest BCUT2D eigenvalue weighted by atomic mass is 19.4. The first-order chi connectivity index (χ1) is 16.3. The van der Waals surface area contributed by atoms with Crippen LogP contribution in [0.25, 0.3) is 11.1 Å². The number of aliphatic imine (C=N–C) groups is 1. The molecular weight excluding hydrogens is 453 g/mol. The van der Waals surface area contributed by atoms with Crippen LogP contribution in [0.3, 0.4) is 0 Å². The summed E-state index contributed by atoms with van der Waals surface area (Å²) in [5.41, 5.74) is 5.37. The minimum atomic E-state index is -5.08. The number of carboxylic acids is 1. The van der Waals surface area contributed by atoms with Crippen LogP contribution in [0.1, 0.15) is 22.7 Å². The number of carboxylic acid groups (broad SMARTS) is 1. The summed E-state index contributed by atoms with van der Waals surface area (Å²) < 4.78 is 31.7. The number of nitrogens with one attached hydrogen (secondary N) is 1. The van der Waals surface area contributed by atoms with E-state index in [0.717, 1.165) is 33.7 Å². The molecule has 1 atom stereocenters. The molecule has 1 aromatic heterocycles. The molecule has 34 heavy (non-hydrogen) atoms. The van der Waals surface area contributed by atoms with E-state index in [1.54, 1.807) is 0 Å². The van der Waals surface area contributed by atoms with Crippen molar-refractivity contribution < 1.29 is 32.8 Å². The molecule has 8 nitrogen and oxygen atoms in total. The van der Waals surface area contributed by atoms with Crippen molar-refractivity contribution in [2.45, 2.75) is 12.2 Å². The van der Waals surface area contributed by atoms with Crippen LogP contribution in [-0.2, 0) is 14.6 Å². The molecule has 0 fully saturated rings. The molecule has 0 bridgehead atoms. The molecule has 11 heteroatoms. The Balaban J connectivity index is 0.000000344. The van der Waals surface area contributed by atoms with E-state index in [0.29, 0.717) is 12.5 Å². The van der Waals surface area contributed by atoms with E-state index in [9.17, 15) is 13.2 Å². The Bertz CT molecular complexity index is 1250. The van der Waals surface area contributed by atoms with Crippen molar-refractivity contribution in [1.29, 1.82) is 0 Å². The summed E-state index contributed by atoms with van der Waals surface area (Å²) >= 11 is 0. The third-order valence-electron chi connectivity index (χ3n) is 4.83. The molecule has 0 spiro atoms. The van der Waals surface area contributed by atoms with Crippen LogP contribution in [-0.4, -0.2) is 39.7 Å². The van der Waals surface area contributed by atoms with Gasteiger partial charge in [-0.05, 0) is 22.8 Å². The molecule has 0 saturated carbocycles. The van der Waals surface area contributed by atoms with Crippen LogP contribution in [0, 0.1) is 0 Å². The average Bonchev–Trinajstić information content (AvgIpc) is 3.48. The van der Waals surface area contributed by atoms with Gasteiger partial charge in [0.1, 0.15) is 24.8 Å². The second kappa shape index (κ2) is 9.71. The quantitative estimate of drug-likeness (QED) is 0.557. The predicted octanol–water partition coefficient (Wildman–Crippen LogP) is 4.02. The van der Waals surface area contributed by atoms with Gasteiger partial charge >= 0.3 is 12.1 Å². The molecule has 0 aliphatic carbocycles. The number of aliphatic carboxylic acids is 1. The standard InChI is InChI=1S/C21H16N4O2.C2HF3O2/c1-2-7-18-17(6-1)20(25-21(18)24-19-8-9-26-27-19)15-5-3-4-14(10-15)16-11-22-13-23-12-16;3-2(4,5)1(6)7/h1-8,10-13,20H,9H2,(H,24,25);(H,6,7). The normalized spacial score (nSPS) is 16.4. The van der Waals surface area contributed by atoms with E-state index in [-0.39, 0.29) is 6.04 Å². The van der Waals surface area contributed by atoms with Crippen molar-refractivity contribution in [3.63, 3.8) is 0 Å². The van der Waals surface area contributed by atoms with Gasteiger partial charge in [0.2, 0.25) is 5.88 Å². The average molecular weight is 470 g/mol. The highest BCUT2D eigenvalue weighted by Gasteiger charge is 2.38. The van der Waals surface area contributed by atoms with E-state index < -0.39 is 12.1 Å². The number of carbonyl (C=O) groups is 1. The Kier molecular flexibility index (Phi) is 6.55. The largest absolute Gasteiger partial charge is 0.490 e. The van der Waals surface area contributed by atoms with Gasteiger partial charge in [-0.2, -0.15) is 18.1 Å². The maximum absolute atomic E-state index is 10.6. The number of benzene rings is 2. The monoisotopic (exact) mass is 470 g/mol. The predicted molar refractivity (Wildman–Crippen MR) is 114 cm³/mol. The lowest BCUT2D eigenvalue weighted by atomic mass is 9.95. The zero-order valence-corrected chi connectivity index (χ0v) is 17.4. The van der Waals surface area contributed by atoms with E-state index in [2.05, 4.69) is 45.6 Å². The molecule has 174 valence electrons. The highest BCUT2D eigenvalue weighted by Crippen LogP contribution is 2.36. The summed E-state index contributed by atoms with van der Waals surface area (Å²) in [5.74, 6) is -1.41. The summed E-state index contributed by atoms with van der Waals surface area (Å²) in [5, 5.41) is 10.3. The molecule has 2 aromatic carbocycles. The Morgan fingerprint density at radius 1 is 1.06 bits per heavy atom. The fourth-order valence-corrected chi connectivity index (χ4v) is 3.34. The second-order valence-electron chi connectivity index (χ2n) is 7.08. The zero-order valence-electron chi connectivity index (χ0n) is 17.4. The number of hydrogen-bond donors (Lipinski definition) is 2. The molecule has 1 unspecified atom stereocenters. The first-order valence-electron chi connectivity index (χ1n) is 9.92. The molecule has 2 aliphatic heterocycles. The first kappa shape index (κ1) is 22.9. The van der Waals surface area contributed by atoms with E-state index >= 15 is 0 Å². The number of rotatable bonds is 3. The molecule has 0 radical (unpaired) electrons. The van der Waals surface area contributed by atoms with Gasteiger partial charge in [0.25, 0.3) is 0 Å². The summed E-state index contributed by atoms with van der Waals surface area (Å²) in [6, 6.07) is 16.5. The van der Waals surface area contributed by atoms with Gasteiger partial charge in [-0.3, -0.25) is 4.99 Å². The van der Waals surface area contributed by atoms with Gasteiger partial charge in [-0.1, -0.05) is 42.5 Å². The Labute approximate surface area is 191 Å². The highest BCUT2D eigenvalue weighted by molar-refractivity contribution is 6.03. The maximum atomic E-state index is 10.6. The lowest BCUT2D eigenvalue weighted by Crippen LogP contribution is -2.22. The number of amidine groups is 1. The number of alkyl halides is 3. The fraction of sp³-hybridized carbons (Fsp3) is 0.130. The molecular formula is C23H17F3N4O4. The molecule has 0 saturated heterocycles. The van der Waals surface area contributed by atoms with Gasteiger partial charge in [0, 0.05) is 29.6 Å². The zero-order chi connectivity index (χ0) is 24.1. The van der Waals surface area contributed by atoms with Crippen molar-refractivity contribution in [3.8, 4) is 11.1 Å². The Hall–Kier alpha value is -4.25. The van der Waals surface area contributed by atoms with Crippen LogP contribution in [0.4, 0.5) is 13.2 Å². The minimum Gasteiger partial charge on any atom is -0.475 e. The van der Waals surface area contributed by atoms with E-state index in [1.165, 1.54) is 6.33 Å². The maximum Gasteiger partial charge on any atom is 0.490 e. The van der Waals surface area contributed by atoms with Crippen LogP contribution in [0.2, 0.25) is 0 Å². The van der Waals surface area contributed by atoms with Gasteiger partial charge in [0.05, 0.1) is 0 Å². The van der Waals surface area contributed by atoms with Crippen molar-refractivity contribution in [3.05, 3.63) is 95.9 Å². The van der Waals surface area contributed by atoms with Crippen molar-refractivity contribution in [2.75, 3.05) is 6.61 Å². The number of hydrogen-bond acceptors (Lipinski definition) is 7. The SMILES string of the molecule is C1=C(NC2=NC(c3cccc(-c4cncnc4)c3)c3ccccc32)OOC1.O=C(O)C(F)(F)F. The third kappa shape index (κ3) is 5.21. The summed E-state index contributed by atoms with van der Waals surface area (Å²) in [4.78, 5) is 32.1. The van der Waals surface area contributed by atoms with Crippen molar-refractivity contribution in [2.24, 2.45) is 4.99 Å². The van der Waals surface area contributed by atoms with E-state index in [4.69, 9.17) is 24.7 Å². The van der Waals surface area contributed by atoms with Crippen LogP contribution in [0.5, 0.6) is 0 Å². The summed E-state index contributed by atoms with van der Waals surface area (Å²) in [7, 11) is 0. The Morgan fingerprint density at radius 3 is 2.47 bits per heavy atom. The smallest absolute Gasteiger partial charge is 0.475 e. The van der Waals surface area contributed by atoms with Crippen molar-refractivity contribution >= 4 is 11.8 Å². The Morgan fingerprint density at radius 2 is 1.79 bits per heavy atom. The number of aromatic nitrogens is 2. The molecule has 2 aliphatic rings. The van der Waals surface area contributed by atoms with Crippen molar-refractivity contribution in [1.82, 2.24) is 15.3 Å². The second-order valence-corrected chi connectivity index (χ2v) is 7.08. The number of nitrogens with zero attached hydrogens (tertiary/aromatic N) is 3. The number of fused-ring (bicyclic) bond motifs is 1. The lowest BCUT2D eigenvalue weighted by Gasteiger charge is -2.11. The van der Waals surface area contributed by atoms with Gasteiger partial charge in [-0.15, -0.1) is 0 Å². The molecule has 2 N–H and O–H groups in total. The van der Waals surface area contributed by atoms with Gasteiger partial charge < -0.3 is 15.3 Å². The van der Waals surface area contributed by atoms with Gasteiger partial charge in [0.15, 0.2) is 0 Å². The van der Waals surface area contributed by atoms with E-state index in [1.807, 2.05) is 36.7 Å². The molecule has 5 rings (SSSR count). The fourth-order valence-electron chi connectivity index (χ4n) is 3.34. The van der Waals surface area contributed by atoms with Crippen LogP contribution in [0.15, 0.2) is 84.2 Å².